The number of carbonyl (C=O) groups excluding carboxylic acids is 1. The number of H-pyrrole nitrogens is 1. The molecule has 30 heavy (non-hydrogen) atoms. The summed E-state index contributed by atoms with van der Waals surface area (Å²) < 4.78 is 2.28. The van der Waals surface area contributed by atoms with Crippen molar-refractivity contribution in [2.45, 2.75) is 57.4 Å². The first-order chi connectivity index (χ1) is 14.7. The van der Waals surface area contributed by atoms with Crippen molar-refractivity contribution in [3.8, 4) is 0 Å². The molecular weight excluding hydrogens is 374 g/mol. The van der Waals surface area contributed by atoms with Crippen LogP contribution < -0.4 is 0 Å². The molecular formula is C24H29N5O. The molecule has 1 unspecified atom stereocenters. The highest BCUT2D eigenvalue weighted by atomic mass is 16.2. The molecule has 1 atom stereocenters. The number of aryl methyl sites for hydroxylation is 1. The number of aromatic amines is 1. The van der Waals surface area contributed by atoms with Crippen LogP contribution in [0.25, 0.3) is 10.9 Å². The molecule has 3 fully saturated rings. The highest BCUT2D eigenvalue weighted by Crippen LogP contribution is 2.55. The molecule has 156 valence electrons. The zero-order valence-corrected chi connectivity index (χ0v) is 17.4. The van der Waals surface area contributed by atoms with Crippen molar-refractivity contribution < 1.29 is 4.79 Å². The number of likely N-dealkylation sites (tertiary alicyclic amines) is 1. The van der Waals surface area contributed by atoms with Crippen LogP contribution in [0.2, 0.25) is 0 Å². The number of nitrogens with one attached hydrogen (secondary N) is 1. The summed E-state index contributed by atoms with van der Waals surface area (Å²) in [5, 5.41) is 10.0. The Bertz CT molecular complexity index is 1070. The van der Waals surface area contributed by atoms with Gasteiger partial charge in [0, 0.05) is 49.1 Å². The molecule has 6 heteroatoms. The van der Waals surface area contributed by atoms with Crippen LogP contribution >= 0.6 is 0 Å². The van der Waals surface area contributed by atoms with Gasteiger partial charge in [0.1, 0.15) is 12.2 Å². The summed E-state index contributed by atoms with van der Waals surface area (Å²) in [4.78, 5) is 18.6. The minimum absolute atomic E-state index is 0.227. The van der Waals surface area contributed by atoms with E-state index >= 15 is 0 Å². The monoisotopic (exact) mass is 403 g/mol. The van der Waals surface area contributed by atoms with Gasteiger partial charge in [0.25, 0.3) is 0 Å². The molecule has 3 aromatic rings. The van der Waals surface area contributed by atoms with Gasteiger partial charge in [-0.3, -0.25) is 4.79 Å². The van der Waals surface area contributed by atoms with Crippen LogP contribution in [0.1, 0.15) is 55.8 Å². The molecule has 1 amide bonds. The van der Waals surface area contributed by atoms with Gasteiger partial charge in [-0.15, -0.1) is 10.2 Å². The van der Waals surface area contributed by atoms with E-state index in [-0.39, 0.29) is 11.3 Å². The molecule has 2 aromatic heterocycles. The standard InChI is InChI=1S/C24H29N5O/c30-22(9-8-18-12-25-21-5-2-1-4-19(18)21)28-14-20(24(15-28)10-3-11-24)23-27-26-16-29(23)13-17-6-7-17/h1-2,4-5,12,16-17,20,25H,3,6-11,13-15H2. The third-order valence-corrected chi connectivity index (χ3v) is 7.74. The Labute approximate surface area is 176 Å². The van der Waals surface area contributed by atoms with Crippen molar-refractivity contribution in [1.29, 1.82) is 0 Å². The number of aromatic nitrogens is 4. The predicted octanol–water partition coefficient (Wildman–Crippen LogP) is 3.90. The highest BCUT2D eigenvalue weighted by molar-refractivity contribution is 5.84. The number of rotatable bonds is 6. The molecule has 1 aromatic carbocycles. The lowest BCUT2D eigenvalue weighted by Gasteiger charge is -2.42. The molecule has 1 saturated heterocycles. The first-order valence-electron chi connectivity index (χ1n) is 11.4. The van der Waals surface area contributed by atoms with Gasteiger partial charge in [-0.1, -0.05) is 24.6 Å². The Morgan fingerprint density at radius 2 is 2.10 bits per heavy atom. The molecule has 2 saturated carbocycles. The van der Waals surface area contributed by atoms with Crippen molar-refractivity contribution >= 4 is 16.8 Å². The fourth-order valence-corrected chi connectivity index (χ4v) is 5.64. The van der Waals surface area contributed by atoms with Gasteiger partial charge >= 0.3 is 0 Å². The minimum atomic E-state index is 0.227. The van der Waals surface area contributed by atoms with Gasteiger partial charge < -0.3 is 14.5 Å². The van der Waals surface area contributed by atoms with Crippen LogP contribution in [0.3, 0.4) is 0 Å². The van der Waals surface area contributed by atoms with Crippen molar-refractivity contribution in [2.24, 2.45) is 11.3 Å². The third kappa shape index (κ3) is 3.04. The van der Waals surface area contributed by atoms with E-state index in [0.29, 0.717) is 12.3 Å². The molecule has 3 aliphatic rings. The van der Waals surface area contributed by atoms with Crippen molar-refractivity contribution in [2.75, 3.05) is 13.1 Å². The maximum absolute atomic E-state index is 13.2. The number of benzene rings is 1. The van der Waals surface area contributed by atoms with Crippen LogP contribution in [0, 0.1) is 11.3 Å². The second-order valence-corrected chi connectivity index (χ2v) is 9.69. The molecule has 1 spiro atoms. The summed E-state index contributed by atoms with van der Waals surface area (Å²) in [5.74, 6) is 2.53. The van der Waals surface area contributed by atoms with E-state index in [4.69, 9.17) is 0 Å². The topological polar surface area (TPSA) is 66.8 Å². The fraction of sp³-hybridized carbons (Fsp3) is 0.542. The van der Waals surface area contributed by atoms with E-state index in [1.54, 1.807) is 0 Å². The molecule has 1 aliphatic heterocycles. The molecule has 1 N–H and O–H groups in total. The van der Waals surface area contributed by atoms with Gasteiger partial charge in [0.05, 0.1) is 0 Å². The SMILES string of the molecule is O=C(CCc1c[nH]c2ccccc12)N1CC(c2nncn2CC2CC2)C2(CCC2)C1. The summed E-state index contributed by atoms with van der Waals surface area (Å²) >= 11 is 0. The Morgan fingerprint density at radius 3 is 2.90 bits per heavy atom. The zero-order valence-electron chi connectivity index (χ0n) is 17.4. The van der Waals surface area contributed by atoms with E-state index in [1.807, 2.05) is 12.4 Å². The van der Waals surface area contributed by atoms with Gasteiger partial charge in [-0.05, 0) is 55.1 Å². The van der Waals surface area contributed by atoms with Crippen LogP contribution in [0.4, 0.5) is 0 Å². The Morgan fingerprint density at radius 1 is 1.23 bits per heavy atom. The van der Waals surface area contributed by atoms with E-state index in [1.165, 1.54) is 43.1 Å². The highest BCUT2D eigenvalue weighted by Gasteiger charge is 2.53. The Hall–Kier alpha value is -2.63. The lowest BCUT2D eigenvalue weighted by molar-refractivity contribution is -0.130. The van der Waals surface area contributed by atoms with Crippen LogP contribution in [-0.4, -0.2) is 43.6 Å². The summed E-state index contributed by atoms with van der Waals surface area (Å²) in [6.45, 7) is 2.74. The summed E-state index contributed by atoms with van der Waals surface area (Å²) in [5.41, 5.74) is 2.60. The smallest absolute Gasteiger partial charge is 0.222 e. The van der Waals surface area contributed by atoms with Gasteiger partial charge in [-0.2, -0.15) is 0 Å². The van der Waals surface area contributed by atoms with E-state index in [0.717, 1.165) is 43.3 Å². The maximum atomic E-state index is 13.2. The maximum Gasteiger partial charge on any atom is 0.222 e. The van der Waals surface area contributed by atoms with E-state index in [9.17, 15) is 4.79 Å². The number of nitrogens with zero attached hydrogens (tertiary/aromatic N) is 4. The summed E-state index contributed by atoms with van der Waals surface area (Å²) in [6.07, 6.45) is 11.6. The lowest BCUT2D eigenvalue weighted by atomic mass is 9.62. The van der Waals surface area contributed by atoms with Crippen molar-refractivity contribution in [3.63, 3.8) is 0 Å². The second kappa shape index (κ2) is 6.96. The first-order valence-corrected chi connectivity index (χ1v) is 11.4. The average Bonchev–Trinajstić information content (AvgIpc) is 3.14. The van der Waals surface area contributed by atoms with E-state index < -0.39 is 0 Å². The summed E-state index contributed by atoms with van der Waals surface area (Å²) in [6, 6.07) is 8.32. The number of para-hydroxylation sites is 1. The average molecular weight is 404 g/mol. The van der Waals surface area contributed by atoms with Crippen LogP contribution in [-0.2, 0) is 17.8 Å². The Balaban J connectivity index is 1.17. The van der Waals surface area contributed by atoms with Gasteiger partial charge in [0.15, 0.2) is 0 Å². The van der Waals surface area contributed by atoms with Crippen molar-refractivity contribution in [3.05, 3.63) is 48.2 Å². The van der Waals surface area contributed by atoms with Gasteiger partial charge in [0.2, 0.25) is 5.91 Å². The molecule has 6 rings (SSSR count). The number of amides is 1. The Kier molecular flexibility index (Phi) is 4.22. The third-order valence-electron chi connectivity index (χ3n) is 7.74. The zero-order chi connectivity index (χ0) is 20.1. The molecule has 3 heterocycles. The fourth-order valence-electron chi connectivity index (χ4n) is 5.64. The summed E-state index contributed by atoms with van der Waals surface area (Å²) in [7, 11) is 0. The minimum Gasteiger partial charge on any atom is -0.361 e. The normalized spacial score (nSPS) is 22.7. The van der Waals surface area contributed by atoms with Crippen molar-refractivity contribution in [1.82, 2.24) is 24.6 Å². The largest absolute Gasteiger partial charge is 0.361 e. The van der Waals surface area contributed by atoms with E-state index in [2.05, 4.69) is 49.0 Å². The predicted molar refractivity (Wildman–Crippen MR) is 115 cm³/mol. The molecule has 2 aliphatic carbocycles. The molecule has 0 radical (unpaired) electrons. The second-order valence-electron chi connectivity index (χ2n) is 9.69. The number of carbonyl (C=O) groups is 1. The molecule has 0 bridgehead atoms. The van der Waals surface area contributed by atoms with Crippen LogP contribution in [0.5, 0.6) is 0 Å². The quantitative estimate of drug-likeness (QED) is 0.679. The number of fused-ring (bicyclic) bond motifs is 1. The number of hydrogen-bond acceptors (Lipinski definition) is 3. The lowest BCUT2D eigenvalue weighted by Crippen LogP contribution is -2.38. The first kappa shape index (κ1) is 18.2. The molecule has 6 nitrogen and oxygen atoms in total. The number of hydrogen-bond donors (Lipinski definition) is 1. The van der Waals surface area contributed by atoms with Gasteiger partial charge in [-0.25, -0.2) is 0 Å². The van der Waals surface area contributed by atoms with Crippen LogP contribution in [0.15, 0.2) is 36.8 Å².